The van der Waals surface area contributed by atoms with Gasteiger partial charge in [0.25, 0.3) is 5.91 Å². The van der Waals surface area contributed by atoms with E-state index in [1.54, 1.807) is 11.3 Å². The summed E-state index contributed by atoms with van der Waals surface area (Å²) >= 11 is 1.79. The van der Waals surface area contributed by atoms with Crippen molar-refractivity contribution in [2.45, 2.75) is 31.4 Å². The van der Waals surface area contributed by atoms with Gasteiger partial charge in [0.1, 0.15) is 12.4 Å². The van der Waals surface area contributed by atoms with E-state index in [1.807, 2.05) is 47.4 Å². The molecule has 2 unspecified atom stereocenters. The lowest BCUT2D eigenvalue weighted by molar-refractivity contribution is 0.0675. The van der Waals surface area contributed by atoms with Crippen LogP contribution in [0.4, 0.5) is 0 Å². The monoisotopic (exact) mass is 419 g/mol. The number of thiophene rings is 1. The summed E-state index contributed by atoms with van der Waals surface area (Å²) in [5.41, 5.74) is 3.10. The number of carbonyl (C=O) groups is 1. The van der Waals surface area contributed by atoms with E-state index in [0.29, 0.717) is 12.2 Å². The fourth-order valence-electron chi connectivity index (χ4n) is 4.35. The Bertz CT molecular complexity index is 993. The first-order valence-corrected chi connectivity index (χ1v) is 11.4. The number of rotatable bonds is 5. The highest BCUT2D eigenvalue weighted by atomic mass is 32.1. The molecule has 5 rings (SSSR count). The first-order valence-electron chi connectivity index (χ1n) is 10.6. The van der Waals surface area contributed by atoms with Gasteiger partial charge in [0.05, 0.1) is 12.1 Å². The largest absolute Gasteiger partial charge is 0.491 e. The van der Waals surface area contributed by atoms with E-state index in [0.717, 1.165) is 43.7 Å². The van der Waals surface area contributed by atoms with Gasteiger partial charge in [-0.1, -0.05) is 30.3 Å². The van der Waals surface area contributed by atoms with Gasteiger partial charge in [-0.3, -0.25) is 4.79 Å². The smallest absolute Gasteiger partial charge is 0.254 e. The Hall–Kier alpha value is -2.63. The molecule has 3 heterocycles. The number of fused-ring (bicyclic) bond motifs is 1. The van der Waals surface area contributed by atoms with Crippen LogP contribution >= 0.6 is 11.3 Å². The summed E-state index contributed by atoms with van der Waals surface area (Å²) in [4.78, 5) is 16.8. The Morgan fingerprint density at radius 3 is 2.70 bits per heavy atom. The van der Waals surface area contributed by atoms with Crippen LogP contribution in [0.3, 0.4) is 0 Å². The molecule has 3 aromatic rings. The molecule has 1 fully saturated rings. The van der Waals surface area contributed by atoms with Crippen LogP contribution in [0.1, 0.15) is 45.2 Å². The zero-order valence-corrected chi connectivity index (χ0v) is 17.6. The normalized spacial score (nSPS) is 20.7. The summed E-state index contributed by atoms with van der Waals surface area (Å²) in [5, 5.41) is 2.13. The first-order chi connectivity index (χ1) is 14.8. The molecule has 154 valence electrons. The molecule has 0 aliphatic carbocycles. The van der Waals surface area contributed by atoms with Crippen LogP contribution in [0.25, 0.3) is 0 Å². The molecular formula is C25H25NO3S. The summed E-state index contributed by atoms with van der Waals surface area (Å²) in [5.74, 6) is 0.840. The Kier molecular flexibility index (Phi) is 5.56. The molecule has 0 saturated carbocycles. The maximum absolute atomic E-state index is 13.5. The molecule has 0 radical (unpaired) electrons. The number of nitrogens with zero attached hydrogens (tertiary/aromatic N) is 1. The molecule has 2 atom stereocenters. The third-order valence-corrected chi connectivity index (χ3v) is 6.90. The van der Waals surface area contributed by atoms with Crippen LogP contribution in [-0.2, 0) is 11.2 Å². The van der Waals surface area contributed by atoms with E-state index >= 15 is 0 Å². The second-order valence-electron chi connectivity index (χ2n) is 7.83. The predicted octanol–water partition coefficient (Wildman–Crippen LogP) is 5.09. The van der Waals surface area contributed by atoms with Crippen molar-refractivity contribution in [2.24, 2.45) is 0 Å². The Morgan fingerprint density at radius 1 is 1.10 bits per heavy atom. The summed E-state index contributed by atoms with van der Waals surface area (Å²) in [7, 11) is 0. The van der Waals surface area contributed by atoms with Crippen LogP contribution in [0.15, 0.2) is 66.0 Å². The van der Waals surface area contributed by atoms with Crippen molar-refractivity contribution >= 4 is 17.2 Å². The summed E-state index contributed by atoms with van der Waals surface area (Å²) in [6.07, 6.45) is 3.25. The standard InChI is InChI=1S/C25H25NO3S/c27-25(19-8-10-20(11-9-19)29-17-21-7-4-15-28-21)26-14-12-23-22(13-16-30-23)24(26)18-5-2-1-3-6-18/h1-3,5-6,8-11,13,16,21,24H,4,7,12,14-15,17H2. The van der Waals surface area contributed by atoms with Crippen molar-refractivity contribution in [1.29, 1.82) is 0 Å². The molecular weight excluding hydrogens is 394 g/mol. The highest BCUT2D eigenvalue weighted by Crippen LogP contribution is 2.38. The van der Waals surface area contributed by atoms with Gasteiger partial charge in [0.2, 0.25) is 0 Å². The molecule has 30 heavy (non-hydrogen) atoms. The Balaban J connectivity index is 1.35. The average molecular weight is 420 g/mol. The lowest BCUT2D eigenvalue weighted by Crippen LogP contribution is -2.40. The van der Waals surface area contributed by atoms with E-state index in [4.69, 9.17) is 9.47 Å². The minimum Gasteiger partial charge on any atom is -0.491 e. The van der Waals surface area contributed by atoms with Crippen molar-refractivity contribution in [3.63, 3.8) is 0 Å². The van der Waals surface area contributed by atoms with E-state index in [2.05, 4.69) is 23.6 Å². The van der Waals surface area contributed by atoms with E-state index in [-0.39, 0.29) is 18.1 Å². The van der Waals surface area contributed by atoms with Crippen molar-refractivity contribution in [3.05, 3.63) is 87.6 Å². The van der Waals surface area contributed by atoms with Crippen molar-refractivity contribution in [1.82, 2.24) is 4.90 Å². The van der Waals surface area contributed by atoms with Crippen LogP contribution in [0.2, 0.25) is 0 Å². The highest BCUT2D eigenvalue weighted by Gasteiger charge is 2.33. The number of carbonyl (C=O) groups excluding carboxylic acids is 1. The van der Waals surface area contributed by atoms with Crippen molar-refractivity contribution in [2.75, 3.05) is 19.8 Å². The minimum absolute atomic E-state index is 0.0378. The molecule has 4 nitrogen and oxygen atoms in total. The molecule has 5 heteroatoms. The lowest BCUT2D eigenvalue weighted by atomic mass is 9.92. The Labute approximate surface area is 181 Å². The van der Waals surface area contributed by atoms with Crippen LogP contribution in [-0.4, -0.2) is 36.7 Å². The van der Waals surface area contributed by atoms with Gasteiger partial charge in [-0.15, -0.1) is 11.3 Å². The Morgan fingerprint density at radius 2 is 1.93 bits per heavy atom. The van der Waals surface area contributed by atoms with Crippen molar-refractivity contribution < 1.29 is 14.3 Å². The maximum atomic E-state index is 13.5. The molecule has 0 bridgehead atoms. The second-order valence-corrected chi connectivity index (χ2v) is 8.83. The van der Waals surface area contributed by atoms with E-state index in [9.17, 15) is 4.79 Å². The molecule has 1 amide bonds. The number of amides is 1. The summed E-state index contributed by atoms with van der Waals surface area (Å²) in [6, 6.07) is 20.0. The quantitative estimate of drug-likeness (QED) is 0.578. The SMILES string of the molecule is O=C(c1ccc(OCC2CCCO2)cc1)N1CCc2sccc2C1c1ccccc1. The molecule has 0 spiro atoms. The van der Waals surface area contributed by atoms with Gasteiger partial charge in [-0.2, -0.15) is 0 Å². The number of ether oxygens (including phenoxy) is 2. The molecule has 1 saturated heterocycles. The fourth-order valence-corrected chi connectivity index (χ4v) is 5.26. The maximum Gasteiger partial charge on any atom is 0.254 e. The highest BCUT2D eigenvalue weighted by molar-refractivity contribution is 7.10. The zero-order chi connectivity index (χ0) is 20.3. The molecule has 1 aromatic heterocycles. The number of benzene rings is 2. The van der Waals surface area contributed by atoms with Gasteiger partial charge in [-0.25, -0.2) is 0 Å². The third-order valence-electron chi connectivity index (χ3n) is 5.90. The van der Waals surface area contributed by atoms with Crippen LogP contribution in [0.5, 0.6) is 5.75 Å². The minimum atomic E-state index is -0.0378. The zero-order valence-electron chi connectivity index (χ0n) is 16.8. The van der Waals surface area contributed by atoms with Gasteiger partial charge in [0, 0.05) is 23.6 Å². The molecule has 2 aliphatic heterocycles. The van der Waals surface area contributed by atoms with Gasteiger partial charge < -0.3 is 14.4 Å². The van der Waals surface area contributed by atoms with Gasteiger partial charge in [0.15, 0.2) is 0 Å². The average Bonchev–Trinajstić information content (AvgIpc) is 3.49. The van der Waals surface area contributed by atoms with Crippen LogP contribution < -0.4 is 4.74 Å². The fraction of sp³-hybridized carbons (Fsp3) is 0.320. The van der Waals surface area contributed by atoms with E-state index in [1.165, 1.54) is 10.4 Å². The van der Waals surface area contributed by atoms with Crippen molar-refractivity contribution in [3.8, 4) is 5.75 Å². The number of hydrogen-bond donors (Lipinski definition) is 0. The lowest BCUT2D eigenvalue weighted by Gasteiger charge is -2.36. The summed E-state index contributed by atoms with van der Waals surface area (Å²) in [6.45, 7) is 2.12. The molecule has 2 aliphatic rings. The van der Waals surface area contributed by atoms with E-state index < -0.39 is 0 Å². The predicted molar refractivity (Wildman–Crippen MR) is 118 cm³/mol. The van der Waals surface area contributed by atoms with Gasteiger partial charge in [-0.05, 0) is 66.1 Å². The summed E-state index contributed by atoms with van der Waals surface area (Å²) < 4.78 is 11.5. The van der Waals surface area contributed by atoms with Crippen LogP contribution in [0, 0.1) is 0 Å². The van der Waals surface area contributed by atoms with Gasteiger partial charge >= 0.3 is 0 Å². The second kappa shape index (κ2) is 8.62. The topological polar surface area (TPSA) is 38.8 Å². The first kappa shape index (κ1) is 19.3. The number of hydrogen-bond acceptors (Lipinski definition) is 4. The molecule has 2 aromatic carbocycles. The third kappa shape index (κ3) is 3.87. The molecule has 0 N–H and O–H groups in total.